The van der Waals surface area contributed by atoms with Gasteiger partial charge in [-0.25, -0.2) is 16.8 Å². The zero-order valence-corrected chi connectivity index (χ0v) is 18.4. The first kappa shape index (κ1) is 22.3. The summed E-state index contributed by atoms with van der Waals surface area (Å²) in [6.45, 7) is 1.91. The molecule has 0 aliphatic carbocycles. The quantitative estimate of drug-likeness (QED) is 0.500. The molecule has 3 aromatic rings. The Morgan fingerprint density at radius 1 is 0.677 bits per heavy atom. The van der Waals surface area contributed by atoms with Crippen molar-refractivity contribution in [3.05, 3.63) is 83.9 Å². The van der Waals surface area contributed by atoms with Crippen LogP contribution in [-0.2, 0) is 20.0 Å². The SMILES string of the molecule is Cc1ccc(NS(=O)(=O)c2ccc(NC(=O)c3ccc(NS(C)(=O)=O)cc3)cc2)cc1. The van der Waals surface area contributed by atoms with Crippen molar-refractivity contribution in [1.82, 2.24) is 0 Å². The topological polar surface area (TPSA) is 121 Å². The largest absolute Gasteiger partial charge is 0.322 e. The van der Waals surface area contributed by atoms with Gasteiger partial charge in [-0.1, -0.05) is 17.7 Å². The van der Waals surface area contributed by atoms with Crippen LogP contribution >= 0.6 is 0 Å². The van der Waals surface area contributed by atoms with E-state index in [0.29, 0.717) is 22.6 Å². The van der Waals surface area contributed by atoms with Crippen LogP contribution in [0, 0.1) is 6.92 Å². The normalized spacial score (nSPS) is 11.5. The van der Waals surface area contributed by atoms with Gasteiger partial charge in [0.15, 0.2) is 0 Å². The van der Waals surface area contributed by atoms with E-state index >= 15 is 0 Å². The molecule has 10 heteroatoms. The highest BCUT2D eigenvalue weighted by Gasteiger charge is 2.15. The molecule has 0 atom stereocenters. The molecule has 0 aliphatic heterocycles. The van der Waals surface area contributed by atoms with E-state index in [2.05, 4.69) is 14.8 Å². The molecule has 0 spiro atoms. The second-order valence-corrected chi connectivity index (χ2v) is 10.3. The molecule has 0 bridgehead atoms. The monoisotopic (exact) mass is 459 g/mol. The van der Waals surface area contributed by atoms with Gasteiger partial charge in [-0.05, 0) is 67.6 Å². The molecule has 0 aliphatic rings. The Balaban J connectivity index is 1.67. The summed E-state index contributed by atoms with van der Waals surface area (Å²) in [7, 11) is -7.16. The Bertz CT molecular complexity index is 1280. The van der Waals surface area contributed by atoms with E-state index in [4.69, 9.17) is 0 Å². The number of carbonyl (C=O) groups excluding carboxylic acids is 1. The lowest BCUT2D eigenvalue weighted by molar-refractivity contribution is 0.102. The highest BCUT2D eigenvalue weighted by Crippen LogP contribution is 2.19. The lowest BCUT2D eigenvalue weighted by atomic mass is 10.2. The molecule has 3 N–H and O–H groups in total. The molecule has 0 saturated heterocycles. The average Bonchev–Trinajstić information content (AvgIpc) is 2.69. The maximum atomic E-state index is 12.5. The molecular formula is C21H21N3O5S2. The molecule has 0 aromatic heterocycles. The Morgan fingerprint density at radius 3 is 1.71 bits per heavy atom. The molecule has 8 nitrogen and oxygen atoms in total. The van der Waals surface area contributed by atoms with Crippen LogP contribution in [0.3, 0.4) is 0 Å². The summed E-state index contributed by atoms with van der Waals surface area (Å²) in [4.78, 5) is 12.4. The fourth-order valence-corrected chi connectivity index (χ4v) is 4.28. The first-order valence-electron chi connectivity index (χ1n) is 9.11. The van der Waals surface area contributed by atoms with Crippen LogP contribution in [0.1, 0.15) is 15.9 Å². The van der Waals surface area contributed by atoms with Crippen molar-refractivity contribution in [3.63, 3.8) is 0 Å². The lowest BCUT2D eigenvalue weighted by Gasteiger charge is -2.10. The second kappa shape index (κ2) is 8.78. The van der Waals surface area contributed by atoms with Gasteiger partial charge >= 0.3 is 0 Å². The lowest BCUT2D eigenvalue weighted by Crippen LogP contribution is -2.14. The summed E-state index contributed by atoms with van der Waals surface area (Å²) in [5, 5.41) is 2.67. The Hall–Kier alpha value is -3.37. The van der Waals surface area contributed by atoms with Gasteiger partial charge in [0.1, 0.15) is 0 Å². The predicted molar refractivity (Wildman–Crippen MR) is 121 cm³/mol. The summed E-state index contributed by atoms with van der Waals surface area (Å²) >= 11 is 0. The molecule has 0 radical (unpaired) electrons. The van der Waals surface area contributed by atoms with E-state index in [0.717, 1.165) is 11.8 Å². The van der Waals surface area contributed by atoms with Crippen molar-refractivity contribution < 1.29 is 21.6 Å². The van der Waals surface area contributed by atoms with E-state index in [1.165, 1.54) is 48.5 Å². The zero-order valence-electron chi connectivity index (χ0n) is 16.8. The van der Waals surface area contributed by atoms with E-state index in [-0.39, 0.29) is 4.90 Å². The van der Waals surface area contributed by atoms with Crippen LogP contribution in [0.25, 0.3) is 0 Å². The van der Waals surface area contributed by atoms with E-state index in [1.807, 2.05) is 6.92 Å². The summed E-state index contributed by atoms with van der Waals surface area (Å²) in [6.07, 6.45) is 1.04. The molecule has 1 amide bonds. The third-order valence-electron chi connectivity index (χ3n) is 4.18. The maximum absolute atomic E-state index is 12.5. The van der Waals surface area contributed by atoms with Crippen LogP contribution in [-0.4, -0.2) is 29.0 Å². The van der Waals surface area contributed by atoms with Crippen LogP contribution in [0.5, 0.6) is 0 Å². The Labute approximate surface area is 181 Å². The van der Waals surface area contributed by atoms with E-state index in [1.54, 1.807) is 24.3 Å². The minimum Gasteiger partial charge on any atom is -0.322 e. The molecule has 0 heterocycles. The number of amides is 1. The van der Waals surface area contributed by atoms with Gasteiger partial charge < -0.3 is 5.32 Å². The molecule has 3 rings (SSSR count). The molecule has 0 unspecified atom stereocenters. The van der Waals surface area contributed by atoms with Crippen molar-refractivity contribution in [2.45, 2.75) is 11.8 Å². The van der Waals surface area contributed by atoms with Crippen molar-refractivity contribution in [2.75, 3.05) is 21.0 Å². The fraction of sp³-hybridized carbons (Fsp3) is 0.0952. The average molecular weight is 460 g/mol. The second-order valence-electron chi connectivity index (χ2n) is 6.90. The van der Waals surface area contributed by atoms with Crippen molar-refractivity contribution in [3.8, 4) is 0 Å². The van der Waals surface area contributed by atoms with Crippen molar-refractivity contribution in [2.24, 2.45) is 0 Å². The Kier molecular flexibility index (Phi) is 6.32. The predicted octanol–water partition coefficient (Wildman–Crippen LogP) is 3.42. The summed E-state index contributed by atoms with van der Waals surface area (Å²) in [5.41, 5.74) is 2.55. The number of rotatable bonds is 7. The molecular weight excluding hydrogens is 438 g/mol. The number of hydrogen-bond donors (Lipinski definition) is 3. The third kappa shape index (κ3) is 6.30. The molecule has 31 heavy (non-hydrogen) atoms. The van der Waals surface area contributed by atoms with Crippen molar-refractivity contribution >= 4 is 43.0 Å². The van der Waals surface area contributed by atoms with Crippen LogP contribution in [0.2, 0.25) is 0 Å². The van der Waals surface area contributed by atoms with Gasteiger partial charge in [0.05, 0.1) is 11.2 Å². The number of hydrogen-bond acceptors (Lipinski definition) is 5. The van der Waals surface area contributed by atoms with Crippen LogP contribution in [0.4, 0.5) is 17.1 Å². The number of sulfonamides is 2. The minimum atomic E-state index is -3.76. The van der Waals surface area contributed by atoms with Gasteiger partial charge in [0.2, 0.25) is 10.0 Å². The number of carbonyl (C=O) groups is 1. The maximum Gasteiger partial charge on any atom is 0.261 e. The van der Waals surface area contributed by atoms with Gasteiger partial charge in [0.25, 0.3) is 15.9 Å². The number of anilines is 3. The smallest absolute Gasteiger partial charge is 0.261 e. The number of benzene rings is 3. The van der Waals surface area contributed by atoms with E-state index < -0.39 is 26.0 Å². The first-order valence-corrected chi connectivity index (χ1v) is 12.5. The Morgan fingerprint density at radius 2 is 1.16 bits per heavy atom. The highest BCUT2D eigenvalue weighted by atomic mass is 32.2. The van der Waals surface area contributed by atoms with Gasteiger partial charge in [-0.3, -0.25) is 14.2 Å². The standard InChI is InChI=1S/C21H21N3O5S2/c1-15-3-7-19(8-4-15)24-31(28,29)20-13-11-17(12-14-20)22-21(25)16-5-9-18(10-6-16)23-30(2,26)27/h3-14,23-24H,1-2H3,(H,22,25). The van der Waals surface area contributed by atoms with Crippen molar-refractivity contribution in [1.29, 1.82) is 0 Å². The minimum absolute atomic E-state index is 0.0577. The van der Waals surface area contributed by atoms with E-state index in [9.17, 15) is 21.6 Å². The first-order chi connectivity index (χ1) is 14.5. The van der Waals surface area contributed by atoms with Gasteiger partial charge in [0, 0.05) is 22.6 Å². The van der Waals surface area contributed by atoms with Crippen LogP contribution in [0.15, 0.2) is 77.7 Å². The molecule has 162 valence electrons. The fourth-order valence-electron chi connectivity index (χ4n) is 2.66. The zero-order chi connectivity index (χ0) is 22.6. The third-order valence-corrected chi connectivity index (χ3v) is 6.18. The molecule has 0 fully saturated rings. The highest BCUT2D eigenvalue weighted by molar-refractivity contribution is 7.92. The number of aryl methyl sites for hydroxylation is 1. The number of nitrogens with one attached hydrogen (secondary N) is 3. The summed E-state index contributed by atoms with van der Waals surface area (Å²) in [6, 6.07) is 18.6. The summed E-state index contributed by atoms with van der Waals surface area (Å²) in [5.74, 6) is -0.417. The molecule has 0 saturated carbocycles. The van der Waals surface area contributed by atoms with Crippen LogP contribution < -0.4 is 14.8 Å². The van der Waals surface area contributed by atoms with Gasteiger partial charge in [-0.15, -0.1) is 0 Å². The molecule has 3 aromatic carbocycles. The van der Waals surface area contributed by atoms with Gasteiger partial charge in [-0.2, -0.15) is 0 Å². The summed E-state index contributed by atoms with van der Waals surface area (Å²) < 4.78 is 52.3.